The van der Waals surface area contributed by atoms with E-state index in [1.54, 1.807) is 17.8 Å². The molecule has 0 unspecified atom stereocenters. The van der Waals surface area contributed by atoms with Gasteiger partial charge in [0.25, 0.3) is 0 Å². The van der Waals surface area contributed by atoms with Crippen LogP contribution in [0.2, 0.25) is 0 Å². The van der Waals surface area contributed by atoms with Gasteiger partial charge in [0.05, 0.1) is 23.4 Å². The summed E-state index contributed by atoms with van der Waals surface area (Å²) < 4.78 is 47.1. The number of aldehydes is 1. The van der Waals surface area contributed by atoms with Crippen molar-refractivity contribution in [3.63, 3.8) is 0 Å². The number of carbonyl (C=O) groups excluding carboxylic acids is 1. The average molecular weight is 521 g/mol. The maximum absolute atomic E-state index is 13.2. The topological polar surface area (TPSA) is 107 Å². The maximum atomic E-state index is 13.2. The highest BCUT2D eigenvalue weighted by molar-refractivity contribution is 5.93. The zero-order valence-corrected chi connectivity index (χ0v) is 22.2. The Morgan fingerprint density at radius 2 is 1.81 bits per heavy atom. The number of nitrogens with one attached hydrogen (secondary N) is 2. The number of aromatic nitrogens is 3. The van der Waals surface area contributed by atoms with Crippen LogP contribution in [0.5, 0.6) is 5.75 Å². The summed E-state index contributed by atoms with van der Waals surface area (Å²) in [5.41, 5.74) is 4.86. The number of hydrogen-bond donors (Lipinski definition) is 3. The molecule has 0 aliphatic heterocycles. The number of rotatable bonds is 8. The zero-order valence-electron chi connectivity index (χ0n) is 22.2. The molecule has 2 heterocycles. The summed E-state index contributed by atoms with van der Waals surface area (Å²) in [6, 6.07) is 8.98. The first-order valence-corrected chi connectivity index (χ1v) is 11.8. The summed E-state index contributed by atoms with van der Waals surface area (Å²) in [5.74, 6) is 1.11. The minimum absolute atomic E-state index is 0.0497. The molecule has 1 aromatic carbocycles. The van der Waals surface area contributed by atoms with Gasteiger partial charge in [0.15, 0.2) is 6.29 Å². The Morgan fingerprint density at radius 1 is 1.14 bits per heavy atom. The molecule has 0 amide bonds. The van der Waals surface area contributed by atoms with E-state index in [4.69, 9.17) is 4.74 Å². The Balaban J connectivity index is 0.00000235. The van der Waals surface area contributed by atoms with Crippen molar-refractivity contribution in [1.29, 1.82) is 0 Å². The highest BCUT2D eigenvalue weighted by atomic mass is 19.4. The maximum Gasteiger partial charge on any atom is 0.433 e. The molecular weight excluding hydrogens is 485 g/mol. The highest BCUT2D eigenvalue weighted by Gasteiger charge is 2.33. The Morgan fingerprint density at radius 3 is 2.35 bits per heavy atom. The van der Waals surface area contributed by atoms with Crippen LogP contribution in [-0.2, 0) is 11.7 Å². The van der Waals surface area contributed by atoms with Crippen molar-refractivity contribution in [2.45, 2.75) is 46.3 Å². The van der Waals surface area contributed by atoms with Crippen LogP contribution >= 0.6 is 0 Å². The first kappa shape index (κ1) is 29.6. The van der Waals surface area contributed by atoms with Gasteiger partial charge in [0, 0.05) is 12.6 Å². The molecule has 0 saturated heterocycles. The summed E-state index contributed by atoms with van der Waals surface area (Å²) in [6.45, 7) is 10.2. The number of nitrogens with two attached hydrogens (primary N) is 1. The molecule has 0 saturated carbocycles. The van der Waals surface area contributed by atoms with Gasteiger partial charge in [-0.15, -0.1) is 0 Å². The van der Waals surface area contributed by atoms with E-state index in [0.717, 1.165) is 11.8 Å². The second-order valence-corrected chi connectivity index (χ2v) is 9.51. The standard InChI is InChI=1S/C25H30F3N5O2.CH5N/c1-15(2)14-35-19-12-16(10-11-18(19)29-6)22-17(13-34)23(33(32-22)24(3,4)5)31-21-9-7-8-20(30-21)25(26,27)28;1-2/h7-13,15,29H,14H2,1-6H3,(H,30,31);2H2,1H3. The SMILES string of the molecule is CN.CNc1ccc(-c2nn(C(C)(C)C)c(Nc3cccc(C(F)(F)F)n3)c2C=O)cc1OCC(C)C. The van der Waals surface area contributed by atoms with E-state index in [2.05, 4.69) is 26.4 Å². The van der Waals surface area contributed by atoms with Gasteiger partial charge < -0.3 is 21.1 Å². The number of benzene rings is 1. The fraction of sp³-hybridized carbons (Fsp3) is 0.423. The lowest BCUT2D eigenvalue weighted by Crippen LogP contribution is -2.25. The molecule has 0 radical (unpaired) electrons. The molecule has 8 nitrogen and oxygen atoms in total. The van der Waals surface area contributed by atoms with Crippen molar-refractivity contribution in [2.75, 3.05) is 31.3 Å². The van der Waals surface area contributed by atoms with Gasteiger partial charge in [-0.05, 0) is 58.0 Å². The molecule has 4 N–H and O–H groups in total. The fourth-order valence-electron chi connectivity index (χ4n) is 3.40. The minimum atomic E-state index is -4.60. The monoisotopic (exact) mass is 520 g/mol. The van der Waals surface area contributed by atoms with E-state index in [1.165, 1.54) is 19.2 Å². The average Bonchev–Trinajstić information content (AvgIpc) is 3.22. The lowest BCUT2D eigenvalue weighted by Gasteiger charge is -2.23. The van der Waals surface area contributed by atoms with E-state index < -0.39 is 17.4 Å². The molecule has 0 bridgehead atoms. The van der Waals surface area contributed by atoms with Crippen molar-refractivity contribution < 1.29 is 22.7 Å². The Hall–Kier alpha value is -3.60. The van der Waals surface area contributed by atoms with Crippen molar-refractivity contribution in [3.05, 3.63) is 47.7 Å². The molecule has 0 spiro atoms. The van der Waals surface area contributed by atoms with Crippen LogP contribution in [0.4, 0.5) is 30.5 Å². The molecular formula is C26H35F3N6O2. The molecule has 0 aliphatic rings. The van der Waals surface area contributed by atoms with Crippen LogP contribution in [-0.4, -0.2) is 41.8 Å². The van der Waals surface area contributed by atoms with E-state index in [0.29, 0.717) is 35.8 Å². The van der Waals surface area contributed by atoms with Crippen molar-refractivity contribution in [2.24, 2.45) is 11.7 Å². The van der Waals surface area contributed by atoms with Crippen LogP contribution in [0.1, 0.15) is 50.7 Å². The number of carbonyl (C=O) groups is 1. The number of ether oxygens (including phenoxy) is 1. The van der Waals surface area contributed by atoms with E-state index >= 15 is 0 Å². The first-order chi connectivity index (χ1) is 17.3. The summed E-state index contributed by atoms with van der Waals surface area (Å²) in [7, 11) is 3.28. The number of pyridine rings is 1. The van der Waals surface area contributed by atoms with Gasteiger partial charge in [-0.1, -0.05) is 26.0 Å². The van der Waals surface area contributed by atoms with Crippen LogP contribution in [0.15, 0.2) is 36.4 Å². The lowest BCUT2D eigenvalue weighted by atomic mass is 10.1. The molecule has 0 atom stereocenters. The normalized spacial score (nSPS) is 11.6. The minimum Gasteiger partial charge on any atom is -0.491 e. The molecule has 202 valence electrons. The third kappa shape index (κ3) is 7.22. The number of anilines is 3. The van der Waals surface area contributed by atoms with Crippen LogP contribution < -0.4 is 21.1 Å². The summed E-state index contributed by atoms with van der Waals surface area (Å²) in [6.07, 6.45) is -3.96. The fourth-order valence-corrected chi connectivity index (χ4v) is 3.40. The van der Waals surface area contributed by atoms with Crippen LogP contribution in [0.25, 0.3) is 11.3 Å². The summed E-state index contributed by atoms with van der Waals surface area (Å²) in [4.78, 5) is 15.9. The summed E-state index contributed by atoms with van der Waals surface area (Å²) >= 11 is 0. The van der Waals surface area contributed by atoms with Crippen molar-refractivity contribution in [3.8, 4) is 17.0 Å². The quantitative estimate of drug-likeness (QED) is 0.316. The highest BCUT2D eigenvalue weighted by Crippen LogP contribution is 2.37. The Bertz CT molecular complexity index is 1200. The second kappa shape index (κ2) is 12.1. The Labute approximate surface area is 215 Å². The number of halogens is 3. The molecule has 11 heteroatoms. The van der Waals surface area contributed by atoms with Gasteiger partial charge in [0.2, 0.25) is 0 Å². The predicted molar refractivity (Wildman–Crippen MR) is 141 cm³/mol. The van der Waals surface area contributed by atoms with E-state index in [9.17, 15) is 18.0 Å². The van der Waals surface area contributed by atoms with Gasteiger partial charge in [-0.2, -0.15) is 18.3 Å². The third-order valence-corrected chi connectivity index (χ3v) is 5.06. The number of nitrogens with zero attached hydrogens (tertiary/aromatic N) is 3. The molecule has 2 aromatic heterocycles. The van der Waals surface area contributed by atoms with Crippen molar-refractivity contribution in [1.82, 2.24) is 14.8 Å². The summed E-state index contributed by atoms with van der Waals surface area (Å²) in [5, 5.41) is 10.7. The second-order valence-electron chi connectivity index (χ2n) is 9.51. The van der Waals surface area contributed by atoms with Crippen LogP contribution in [0.3, 0.4) is 0 Å². The third-order valence-electron chi connectivity index (χ3n) is 5.06. The zero-order chi connectivity index (χ0) is 28.0. The van der Waals surface area contributed by atoms with Gasteiger partial charge in [0.1, 0.15) is 28.8 Å². The largest absolute Gasteiger partial charge is 0.491 e. The van der Waals surface area contributed by atoms with Gasteiger partial charge in [-0.25, -0.2) is 9.67 Å². The molecule has 0 aliphatic carbocycles. The van der Waals surface area contributed by atoms with Crippen molar-refractivity contribution >= 4 is 23.6 Å². The lowest BCUT2D eigenvalue weighted by molar-refractivity contribution is -0.141. The van der Waals surface area contributed by atoms with E-state index in [-0.39, 0.29) is 17.2 Å². The van der Waals surface area contributed by atoms with E-state index in [1.807, 2.05) is 46.8 Å². The number of alkyl halides is 3. The molecule has 37 heavy (non-hydrogen) atoms. The molecule has 3 rings (SSSR count). The molecule has 0 fully saturated rings. The van der Waals surface area contributed by atoms with Crippen LogP contribution in [0, 0.1) is 5.92 Å². The first-order valence-electron chi connectivity index (χ1n) is 11.8. The van der Waals surface area contributed by atoms with Gasteiger partial charge in [-0.3, -0.25) is 4.79 Å². The molecule has 3 aromatic rings. The van der Waals surface area contributed by atoms with Gasteiger partial charge >= 0.3 is 6.18 Å². The smallest absolute Gasteiger partial charge is 0.433 e. The Kier molecular flexibility index (Phi) is 9.68. The number of hydrogen-bond acceptors (Lipinski definition) is 7. The predicted octanol–water partition coefficient (Wildman–Crippen LogP) is 5.93.